The van der Waals surface area contributed by atoms with Crippen molar-refractivity contribution in [3.8, 4) is 23.1 Å². The predicted molar refractivity (Wildman–Crippen MR) is 123 cm³/mol. The molecule has 0 fully saturated rings. The number of benzene rings is 1. The highest BCUT2D eigenvalue weighted by Crippen LogP contribution is 2.26. The van der Waals surface area contributed by atoms with Crippen LogP contribution in [0.2, 0.25) is 0 Å². The monoisotopic (exact) mass is 518 g/mol. The maximum absolute atomic E-state index is 12.4. The third kappa shape index (κ3) is 5.68. The van der Waals surface area contributed by atoms with Gasteiger partial charge in [-0.05, 0) is 31.0 Å². The fraction of sp³-hybridized carbons (Fsp3) is 0.190. The van der Waals surface area contributed by atoms with E-state index in [2.05, 4.69) is 41.8 Å². The molecule has 4 rings (SSSR count). The van der Waals surface area contributed by atoms with Crippen molar-refractivity contribution in [3.05, 3.63) is 48.7 Å². The first kappa shape index (κ1) is 24.8. The summed E-state index contributed by atoms with van der Waals surface area (Å²) >= 11 is 0. The zero-order chi connectivity index (χ0) is 25.9. The smallest absolute Gasteiger partial charge is 0.333 e. The van der Waals surface area contributed by atoms with Gasteiger partial charge in [0.25, 0.3) is 11.8 Å². The van der Waals surface area contributed by atoms with Crippen LogP contribution in [0.3, 0.4) is 0 Å². The minimum atomic E-state index is -4.60. The number of rotatable bonds is 8. The van der Waals surface area contributed by atoms with Gasteiger partial charge in [-0.15, -0.1) is 0 Å². The lowest BCUT2D eigenvalue weighted by molar-refractivity contribution is -0.129. The van der Waals surface area contributed by atoms with Gasteiger partial charge in [0.2, 0.25) is 17.6 Å². The van der Waals surface area contributed by atoms with Gasteiger partial charge < -0.3 is 9.42 Å². The molecular formula is C21H17F3N8O3S. The molecule has 1 aromatic carbocycles. The molecule has 0 aliphatic carbocycles. The van der Waals surface area contributed by atoms with Crippen molar-refractivity contribution in [3.63, 3.8) is 0 Å². The molecule has 0 saturated heterocycles. The normalized spacial score (nSPS) is 11.9. The third-order valence-electron chi connectivity index (χ3n) is 4.78. The fourth-order valence-electron chi connectivity index (χ4n) is 2.92. The Bertz CT molecular complexity index is 1480. The summed E-state index contributed by atoms with van der Waals surface area (Å²) in [7, 11) is -2.47. The van der Waals surface area contributed by atoms with Gasteiger partial charge in [-0.2, -0.15) is 33.1 Å². The highest BCUT2D eigenvalue weighted by Gasteiger charge is 2.31. The lowest BCUT2D eigenvalue weighted by Crippen LogP contribution is -2.17. The van der Waals surface area contributed by atoms with E-state index in [9.17, 15) is 21.6 Å². The van der Waals surface area contributed by atoms with E-state index >= 15 is 0 Å². The number of sulfone groups is 1. The van der Waals surface area contributed by atoms with Gasteiger partial charge in [0, 0.05) is 18.9 Å². The van der Waals surface area contributed by atoms with Crippen LogP contribution in [0, 0.1) is 0 Å². The molecule has 4 aromatic rings. The van der Waals surface area contributed by atoms with Crippen LogP contribution in [-0.2, 0) is 9.84 Å². The number of nitrogens with zero attached hydrogens (tertiary/aromatic N) is 8. The lowest BCUT2D eigenvalue weighted by Gasteiger charge is -2.17. The second-order valence-electron chi connectivity index (χ2n) is 7.30. The van der Waals surface area contributed by atoms with E-state index in [0.29, 0.717) is 0 Å². The molecule has 3 heterocycles. The van der Waals surface area contributed by atoms with Gasteiger partial charge in [-0.1, -0.05) is 23.4 Å². The van der Waals surface area contributed by atoms with E-state index in [1.807, 2.05) is 30.3 Å². The van der Waals surface area contributed by atoms with Crippen LogP contribution < -0.4 is 4.90 Å². The average molecular weight is 518 g/mol. The Balaban J connectivity index is 1.59. The topological polar surface area (TPSA) is 140 Å². The summed E-state index contributed by atoms with van der Waals surface area (Å²) < 4.78 is 66.6. The van der Waals surface area contributed by atoms with Crippen molar-refractivity contribution in [2.45, 2.75) is 17.6 Å². The Morgan fingerprint density at radius 2 is 1.78 bits per heavy atom. The second kappa shape index (κ2) is 9.77. The van der Waals surface area contributed by atoms with Gasteiger partial charge in [-0.25, -0.2) is 18.4 Å². The molecule has 15 heteroatoms. The number of aliphatic imine (C=N–C) groups is 1. The molecule has 0 atom stereocenters. The highest BCUT2D eigenvalue weighted by atomic mass is 32.2. The number of alkyl halides is 3. The minimum absolute atomic E-state index is 0.0121. The van der Waals surface area contributed by atoms with Crippen molar-refractivity contribution < 1.29 is 26.1 Å². The van der Waals surface area contributed by atoms with Crippen LogP contribution in [0.4, 0.5) is 30.8 Å². The molecule has 0 aliphatic rings. The van der Waals surface area contributed by atoms with Crippen molar-refractivity contribution in [1.29, 1.82) is 0 Å². The van der Waals surface area contributed by atoms with Crippen LogP contribution in [0.1, 0.15) is 6.42 Å². The molecule has 0 spiro atoms. The molecule has 0 saturated carbocycles. The van der Waals surface area contributed by atoms with Gasteiger partial charge >= 0.3 is 6.18 Å². The van der Waals surface area contributed by atoms with Crippen molar-refractivity contribution in [2.24, 2.45) is 4.99 Å². The van der Waals surface area contributed by atoms with E-state index in [4.69, 9.17) is 4.52 Å². The van der Waals surface area contributed by atoms with Crippen molar-refractivity contribution in [2.75, 3.05) is 17.7 Å². The Hall–Kier alpha value is -4.27. The van der Waals surface area contributed by atoms with E-state index in [1.54, 1.807) is 11.9 Å². The van der Waals surface area contributed by atoms with Gasteiger partial charge in [0.05, 0.1) is 17.7 Å². The summed E-state index contributed by atoms with van der Waals surface area (Å²) in [6.45, 7) is 3.44. The largest absolute Gasteiger partial charge is 0.390 e. The number of para-hydroxylation sites is 1. The Labute approximate surface area is 202 Å². The minimum Gasteiger partial charge on any atom is -0.333 e. The summed E-state index contributed by atoms with van der Waals surface area (Å²) in [5.74, 6) is -0.842. The van der Waals surface area contributed by atoms with E-state index < -0.39 is 33.2 Å². The molecule has 0 radical (unpaired) electrons. The van der Waals surface area contributed by atoms with Gasteiger partial charge in [-0.3, -0.25) is 0 Å². The summed E-state index contributed by atoms with van der Waals surface area (Å²) in [6, 6.07) is 11.7. The van der Waals surface area contributed by atoms with E-state index in [0.717, 1.165) is 18.0 Å². The van der Waals surface area contributed by atoms with Crippen LogP contribution in [0.25, 0.3) is 23.1 Å². The van der Waals surface area contributed by atoms with Crippen LogP contribution >= 0.6 is 0 Å². The highest BCUT2D eigenvalue weighted by molar-refractivity contribution is 7.91. The predicted octanol–water partition coefficient (Wildman–Crippen LogP) is 3.81. The number of pyridine rings is 1. The quantitative estimate of drug-likeness (QED) is 0.316. The Morgan fingerprint density at radius 3 is 2.42 bits per heavy atom. The number of aromatic nitrogens is 6. The summed E-state index contributed by atoms with van der Waals surface area (Å²) in [5.41, 5.74) is 1.04. The third-order valence-corrected chi connectivity index (χ3v) is 6.40. The first-order chi connectivity index (χ1) is 17.1. The van der Waals surface area contributed by atoms with Crippen molar-refractivity contribution >= 4 is 34.1 Å². The zero-order valence-corrected chi connectivity index (χ0v) is 19.4. The van der Waals surface area contributed by atoms with Crippen LogP contribution in [0.5, 0.6) is 0 Å². The van der Waals surface area contributed by atoms with Gasteiger partial charge in [0.1, 0.15) is 0 Å². The van der Waals surface area contributed by atoms with E-state index in [1.165, 1.54) is 6.07 Å². The Morgan fingerprint density at radius 1 is 1.03 bits per heavy atom. The average Bonchev–Trinajstić information content (AvgIpc) is 3.37. The molecule has 0 bridgehead atoms. The molecule has 3 aromatic heterocycles. The first-order valence-corrected chi connectivity index (χ1v) is 11.8. The zero-order valence-electron chi connectivity index (χ0n) is 18.6. The van der Waals surface area contributed by atoms with Crippen LogP contribution in [0.15, 0.2) is 63.2 Å². The van der Waals surface area contributed by atoms with E-state index in [-0.39, 0.29) is 35.0 Å². The van der Waals surface area contributed by atoms with Crippen LogP contribution in [-0.4, -0.2) is 64.2 Å². The molecule has 186 valence electrons. The lowest BCUT2D eigenvalue weighted by atomic mass is 10.3. The summed E-state index contributed by atoms with van der Waals surface area (Å²) in [5, 5.41) is 3.35. The van der Waals surface area contributed by atoms with Crippen molar-refractivity contribution in [1.82, 2.24) is 30.1 Å². The fourth-order valence-corrected chi connectivity index (χ4v) is 4.12. The number of anilines is 2. The number of hydrogen-bond donors (Lipinski definition) is 0. The maximum Gasteiger partial charge on any atom is 0.390 e. The van der Waals surface area contributed by atoms with Gasteiger partial charge in [0.15, 0.2) is 14.9 Å². The Kier molecular flexibility index (Phi) is 6.74. The molecular weight excluding hydrogens is 501 g/mol. The molecule has 0 N–H and O–H groups in total. The molecule has 0 aliphatic heterocycles. The second-order valence-corrected chi connectivity index (χ2v) is 9.36. The first-order valence-electron chi connectivity index (χ1n) is 10.2. The molecule has 0 unspecified atom stereocenters. The SMILES string of the molecule is C=Nc1nc(-c2noc(-c3ccc(S(=O)(=O)CCC(F)(F)F)nc3)n2)nc(N(C)c2ccccc2)n1. The number of halogens is 3. The maximum atomic E-state index is 12.4. The molecule has 11 nitrogen and oxygen atoms in total. The number of hydrogen-bond acceptors (Lipinski definition) is 11. The molecule has 36 heavy (non-hydrogen) atoms. The summed E-state index contributed by atoms with van der Waals surface area (Å²) in [4.78, 5) is 26.2. The standard InChI is InChI=1S/C21H17F3N8O3S/c1-25-19-28-16(29-20(30-19)32(2)14-6-4-3-5-7-14)17-27-18(35-31-17)13-8-9-15(26-12-13)36(33,34)11-10-21(22,23)24/h3-9,12H,1,10-11H2,2H3. The summed E-state index contributed by atoms with van der Waals surface area (Å²) in [6.07, 6.45) is -4.96. The molecule has 0 amide bonds.